The molecule has 0 spiro atoms. The third-order valence-corrected chi connectivity index (χ3v) is 2.05. The zero-order valence-electron chi connectivity index (χ0n) is 8.23. The molecule has 0 saturated heterocycles. The number of nitrogens with zero attached hydrogens (tertiary/aromatic N) is 3. The lowest BCUT2D eigenvalue weighted by atomic mass is 10.2. The monoisotopic (exact) mass is 188 g/mol. The molecule has 0 amide bonds. The summed E-state index contributed by atoms with van der Waals surface area (Å²) in [4.78, 5) is 8.27. The molecule has 1 N–H and O–H groups in total. The van der Waals surface area contributed by atoms with Gasteiger partial charge in [0, 0.05) is 38.1 Å². The van der Waals surface area contributed by atoms with E-state index in [9.17, 15) is 0 Å². The maximum Gasteiger partial charge on any atom is 0.129 e. The van der Waals surface area contributed by atoms with Crippen LogP contribution in [0, 0.1) is 0 Å². The molecule has 0 fully saturated rings. The number of anilines is 1. The van der Waals surface area contributed by atoms with Gasteiger partial charge in [-0.2, -0.15) is 0 Å². The Morgan fingerprint density at radius 1 is 1.36 bits per heavy atom. The Kier molecular flexibility index (Phi) is 2.18. The summed E-state index contributed by atoms with van der Waals surface area (Å²) in [6, 6.07) is 3.96. The molecule has 0 aromatic carbocycles. The van der Waals surface area contributed by atoms with E-state index in [1.165, 1.54) is 0 Å². The first-order valence-electron chi connectivity index (χ1n) is 4.42. The van der Waals surface area contributed by atoms with Gasteiger partial charge in [0.15, 0.2) is 0 Å². The fourth-order valence-electron chi connectivity index (χ4n) is 1.31. The van der Waals surface area contributed by atoms with Gasteiger partial charge in [0.2, 0.25) is 0 Å². The lowest BCUT2D eigenvalue weighted by Crippen LogP contribution is -1.93. The SMILES string of the molecule is CNc1cc(-c2ccn(C)c2)ncn1. The first-order valence-corrected chi connectivity index (χ1v) is 4.42. The molecule has 0 radical (unpaired) electrons. The van der Waals surface area contributed by atoms with Gasteiger partial charge in [-0.15, -0.1) is 0 Å². The first kappa shape index (κ1) is 8.74. The van der Waals surface area contributed by atoms with Crippen LogP contribution in [0.15, 0.2) is 30.9 Å². The third kappa shape index (κ3) is 1.59. The van der Waals surface area contributed by atoms with E-state index in [0.717, 1.165) is 17.1 Å². The summed E-state index contributed by atoms with van der Waals surface area (Å²) < 4.78 is 2.00. The predicted octanol–water partition coefficient (Wildman–Crippen LogP) is 1.52. The summed E-state index contributed by atoms with van der Waals surface area (Å²) in [5.74, 6) is 0.832. The molecule has 14 heavy (non-hydrogen) atoms. The van der Waals surface area contributed by atoms with Gasteiger partial charge in [-0.3, -0.25) is 0 Å². The minimum atomic E-state index is 0.832. The van der Waals surface area contributed by atoms with Crippen molar-refractivity contribution in [3.8, 4) is 11.3 Å². The Morgan fingerprint density at radius 3 is 2.86 bits per heavy atom. The van der Waals surface area contributed by atoms with Crippen LogP contribution >= 0.6 is 0 Å². The minimum Gasteiger partial charge on any atom is -0.373 e. The van der Waals surface area contributed by atoms with Crippen molar-refractivity contribution >= 4 is 5.82 Å². The van der Waals surface area contributed by atoms with Gasteiger partial charge in [-0.1, -0.05) is 0 Å². The van der Waals surface area contributed by atoms with Gasteiger partial charge >= 0.3 is 0 Å². The summed E-state index contributed by atoms with van der Waals surface area (Å²) in [7, 11) is 3.83. The van der Waals surface area contributed by atoms with Crippen molar-refractivity contribution < 1.29 is 0 Å². The second-order valence-electron chi connectivity index (χ2n) is 3.10. The zero-order chi connectivity index (χ0) is 9.97. The molecule has 2 heterocycles. The maximum atomic E-state index is 4.21. The van der Waals surface area contributed by atoms with Crippen LogP contribution in [0.1, 0.15) is 0 Å². The molecule has 2 aromatic heterocycles. The fraction of sp³-hybridized carbons (Fsp3) is 0.200. The van der Waals surface area contributed by atoms with Crippen molar-refractivity contribution in [3.63, 3.8) is 0 Å². The molecule has 0 aliphatic rings. The molecule has 4 nitrogen and oxygen atoms in total. The van der Waals surface area contributed by atoms with Crippen LogP contribution in [0.2, 0.25) is 0 Å². The number of rotatable bonds is 2. The molecule has 0 atom stereocenters. The van der Waals surface area contributed by atoms with Gasteiger partial charge < -0.3 is 9.88 Å². The van der Waals surface area contributed by atoms with Crippen LogP contribution in [0.3, 0.4) is 0 Å². The van der Waals surface area contributed by atoms with Gasteiger partial charge in [0.05, 0.1) is 5.69 Å². The van der Waals surface area contributed by atoms with Gasteiger partial charge in [0.1, 0.15) is 12.1 Å². The lowest BCUT2D eigenvalue weighted by Gasteiger charge is -2.00. The summed E-state index contributed by atoms with van der Waals surface area (Å²) in [5.41, 5.74) is 2.04. The molecule has 2 rings (SSSR count). The Hall–Kier alpha value is -1.84. The average Bonchev–Trinajstić information content (AvgIpc) is 2.65. The molecule has 2 aromatic rings. The smallest absolute Gasteiger partial charge is 0.129 e. The number of aromatic nitrogens is 3. The Labute approximate surface area is 82.6 Å². The third-order valence-electron chi connectivity index (χ3n) is 2.05. The number of aryl methyl sites for hydroxylation is 1. The van der Waals surface area contributed by atoms with Crippen molar-refractivity contribution in [2.45, 2.75) is 0 Å². The van der Waals surface area contributed by atoms with E-state index in [4.69, 9.17) is 0 Å². The Morgan fingerprint density at radius 2 is 2.21 bits per heavy atom. The van der Waals surface area contributed by atoms with Crippen LogP contribution in [-0.2, 0) is 7.05 Å². The van der Waals surface area contributed by atoms with E-state index >= 15 is 0 Å². The van der Waals surface area contributed by atoms with Crippen molar-refractivity contribution in [2.24, 2.45) is 7.05 Å². The molecular weight excluding hydrogens is 176 g/mol. The Balaban J connectivity index is 2.41. The van der Waals surface area contributed by atoms with Crippen LogP contribution in [-0.4, -0.2) is 21.6 Å². The first-order chi connectivity index (χ1) is 6.79. The van der Waals surface area contributed by atoms with Crippen LogP contribution < -0.4 is 5.32 Å². The van der Waals surface area contributed by atoms with E-state index in [1.54, 1.807) is 6.33 Å². The average molecular weight is 188 g/mol. The highest BCUT2D eigenvalue weighted by Crippen LogP contribution is 2.18. The van der Waals surface area contributed by atoms with Crippen molar-refractivity contribution in [2.75, 3.05) is 12.4 Å². The van der Waals surface area contributed by atoms with E-state index in [0.29, 0.717) is 0 Å². The van der Waals surface area contributed by atoms with E-state index in [1.807, 2.05) is 43.2 Å². The predicted molar refractivity (Wildman–Crippen MR) is 56.0 cm³/mol. The highest BCUT2D eigenvalue weighted by molar-refractivity contribution is 5.61. The normalized spacial score (nSPS) is 10.1. The van der Waals surface area contributed by atoms with E-state index < -0.39 is 0 Å². The van der Waals surface area contributed by atoms with E-state index in [2.05, 4.69) is 15.3 Å². The van der Waals surface area contributed by atoms with Gasteiger partial charge in [-0.25, -0.2) is 9.97 Å². The lowest BCUT2D eigenvalue weighted by molar-refractivity contribution is 0.928. The number of hydrogen-bond acceptors (Lipinski definition) is 3. The molecular formula is C10H12N4. The topological polar surface area (TPSA) is 42.7 Å². The summed E-state index contributed by atoms with van der Waals surface area (Å²) in [6.45, 7) is 0. The number of hydrogen-bond donors (Lipinski definition) is 1. The van der Waals surface area contributed by atoms with Crippen molar-refractivity contribution in [1.82, 2.24) is 14.5 Å². The fourth-order valence-corrected chi connectivity index (χ4v) is 1.31. The zero-order valence-corrected chi connectivity index (χ0v) is 8.23. The van der Waals surface area contributed by atoms with Gasteiger partial charge in [-0.05, 0) is 6.07 Å². The summed E-state index contributed by atoms with van der Waals surface area (Å²) in [5, 5.41) is 2.99. The molecule has 0 saturated carbocycles. The van der Waals surface area contributed by atoms with E-state index in [-0.39, 0.29) is 0 Å². The van der Waals surface area contributed by atoms with Gasteiger partial charge in [0.25, 0.3) is 0 Å². The Bertz CT molecular complexity index is 433. The van der Waals surface area contributed by atoms with Crippen LogP contribution in [0.4, 0.5) is 5.82 Å². The van der Waals surface area contributed by atoms with Crippen molar-refractivity contribution in [1.29, 1.82) is 0 Å². The van der Waals surface area contributed by atoms with Crippen LogP contribution in [0.25, 0.3) is 11.3 Å². The molecule has 72 valence electrons. The van der Waals surface area contributed by atoms with Crippen molar-refractivity contribution in [3.05, 3.63) is 30.9 Å². The number of nitrogens with one attached hydrogen (secondary N) is 1. The standard InChI is InChI=1S/C10H12N4/c1-11-10-5-9(12-7-13-10)8-3-4-14(2)6-8/h3-7H,1-2H3,(H,11,12,13). The second kappa shape index (κ2) is 3.49. The largest absolute Gasteiger partial charge is 0.373 e. The highest BCUT2D eigenvalue weighted by atomic mass is 15.0. The molecule has 0 unspecified atom stereocenters. The maximum absolute atomic E-state index is 4.21. The molecule has 4 heteroatoms. The quantitative estimate of drug-likeness (QED) is 0.777. The highest BCUT2D eigenvalue weighted by Gasteiger charge is 2.01. The molecule has 0 aliphatic heterocycles. The minimum absolute atomic E-state index is 0.832. The second-order valence-corrected chi connectivity index (χ2v) is 3.10. The molecule has 0 aliphatic carbocycles. The summed E-state index contributed by atoms with van der Waals surface area (Å²) >= 11 is 0. The molecule has 0 bridgehead atoms. The van der Waals surface area contributed by atoms with Crippen LogP contribution in [0.5, 0.6) is 0 Å². The summed E-state index contributed by atoms with van der Waals surface area (Å²) in [6.07, 6.45) is 5.59.